The van der Waals surface area contributed by atoms with Crippen molar-refractivity contribution >= 4 is 16.7 Å². The number of benzene rings is 2. The first-order valence-corrected chi connectivity index (χ1v) is 6.65. The summed E-state index contributed by atoms with van der Waals surface area (Å²) in [4.78, 5) is 11.2. The number of esters is 1. The first-order valence-electron chi connectivity index (χ1n) is 6.65. The van der Waals surface area contributed by atoms with Gasteiger partial charge in [-0.2, -0.15) is 0 Å². The van der Waals surface area contributed by atoms with E-state index in [4.69, 9.17) is 9.47 Å². The average Bonchev–Trinajstić information content (AvgIpc) is 2.45. The Kier molecular flexibility index (Phi) is 4.96. The van der Waals surface area contributed by atoms with Crippen molar-refractivity contribution in [2.75, 3.05) is 13.2 Å². The number of aliphatic hydroxyl groups excluding tert-OH is 1. The molecule has 106 valence electrons. The molecule has 4 heteroatoms. The number of carbonyl (C=O) groups is 1. The smallest absolute Gasteiger partial charge is 0.308 e. The predicted octanol–water partition coefficient (Wildman–Crippen LogP) is 2.53. The van der Waals surface area contributed by atoms with Gasteiger partial charge in [-0.3, -0.25) is 4.79 Å². The fourth-order valence-electron chi connectivity index (χ4n) is 1.98. The van der Waals surface area contributed by atoms with E-state index in [0.29, 0.717) is 12.4 Å². The van der Waals surface area contributed by atoms with Crippen LogP contribution in [0.3, 0.4) is 0 Å². The highest BCUT2D eigenvalue weighted by atomic mass is 16.5. The molecule has 0 unspecified atom stereocenters. The van der Waals surface area contributed by atoms with Crippen LogP contribution >= 0.6 is 0 Å². The van der Waals surface area contributed by atoms with Crippen LogP contribution in [0.1, 0.15) is 13.3 Å². The third kappa shape index (κ3) is 3.71. The number of carbonyl (C=O) groups excluding carboxylic acids is 1. The normalized spacial score (nSPS) is 12.1. The summed E-state index contributed by atoms with van der Waals surface area (Å²) >= 11 is 0. The molecule has 2 aromatic carbocycles. The highest BCUT2D eigenvalue weighted by Crippen LogP contribution is 2.25. The van der Waals surface area contributed by atoms with E-state index in [2.05, 4.69) is 0 Å². The van der Waals surface area contributed by atoms with Crippen LogP contribution in [0.25, 0.3) is 10.8 Å². The molecule has 0 heterocycles. The molecule has 0 bridgehead atoms. The summed E-state index contributed by atoms with van der Waals surface area (Å²) in [6, 6.07) is 13.6. The van der Waals surface area contributed by atoms with Crippen LogP contribution in [0, 0.1) is 0 Å². The Labute approximate surface area is 117 Å². The number of hydrogen-bond donors (Lipinski definition) is 1. The van der Waals surface area contributed by atoms with E-state index in [0.717, 1.165) is 10.8 Å². The second-order valence-electron chi connectivity index (χ2n) is 4.45. The van der Waals surface area contributed by atoms with E-state index >= 15 is 0 Å². The molecule has 1 N–H and O–H groups in total. The third-order valence-electron chi connectivity index (χ3n) is 2.89. The van der Waals surface area contributed by atoms with Gasteiger partial charge >= 0.3 is 5.97 Å². The van der Waals surface area contributed by atoms with Crippen molar-refractivity contribution in [2.45, 2.75) is 19.4 Å². The molecule has 0 saturated heterocycles. The zero-order valence-corrected chi connectivity index (χ0v) is 11.4. The topological polar surface area (TPSA) is 55.8 Å². The van der Waals surface area contributed by atoms with Crippen LogP contribution < -0.4 is 4.74 Å². The number of aliphatic hydroxyl groups is 1. The molecule has 0 saturated carbocycles. The van der Waals surface area contributed by atoms with Gasteiger partial charge in [-0.1, -0.05) is 36.4 Å². The standard InChI is InChI=1S/C16H18O4/c1-2-19-16(18)10-13(17)11-20-15-9-5-7-12-6-3-4-8-14(12)15/h3-9,13,17H,2,10-11H2,1H3/t13-/m0/s1. The van der Waals surface area contributed by atoms with Gasteiger partial charge in [0.25, 0.3) is 0 Å². The molecule has 0 fully saturated rings. The SMILES string of the molecule is CCOC(=O)C[C@H](O)COc1cccc2ccccc12. The van der Waals surface area contributed by atoms with E-state index in [1.54, 1.807) is 6.92 Å². The van der Waals surface area contributed by atoms with Gasteiger partial charge in [0, 0.05) is 5.39 Å². The second kappa shape index (κ2) is 6.91. The molecule has 0 amide bonds. The van der Waals surface area contributed by atoms with E-state index in [-0.39, 0.29) is 13.0 Å². The van der Waals surface area contributed by atoms with Gasteiger partial charge in [0.1, 0.15) is 12.4 Å². The molecular weight excluding hydrogens is 256 g/mol. The lowest BCUT2D eigenvalue weighted by molar-refractivity contribution is -0.145. The lowest BCUT2D eigenvalue weighted by Gasteiger charge is -2.13. The molecular formula is C16H18O4. The summed E-state index contributed by atoms with van der Waals surface area (Å²) < 4.78 is 10.4. The zero-order valence-electron chi connectivity index (χ0n) is 11.4. The number of fused-ring (bicyclic) bond motifs is 1. The minimum atomic E-state index is -0.868. The van der Waals surface area contributed by atoms with Crippen molar-refractivity contribution in [3.8, 4) is 5.75 Å². The van der Waals surface area contributed by atoms with Crippen LogP contribution in [0.15, 0.2) is 42.5 Å². The Morgan fingerprint density at radius 1 is 1.20 bits per heavy atom. The molecule has 0 aliphatic rings. The molecule has 0 aromatic heterocycles. The maximum atomic E-state index is 11.2. The van der Waals surface area contributed by atoms with Crippen molar-refractivity contribution in [3.05, 3.63) is 42.5 Å². The van der Waals surface area contributed by atoms with Crippen molar-refractivity contribution in [3.63, 3.8) is 0 Å². The molecule has 0 aliphatic carbocycles. The second-order valence-corrected chi connectivity index (χ2v) is 4.45. The molecule has 0 spiro atoms. The number of rotatable bonds is 6. The van der Waals surface area contributed by atoms with Gasteiger partial charge in [-0.15, -0.1) is 0 Å². The molecule has 2 rings (SSSR count). The van der Waals surface area contributed by atoms with Gasteiger partial charge in [0.05, 0.1) is 19.1 Å². The molecule has 2 aromatic rings. The summed E-state index contributed by atoms with van der Waals surface area (Å²) in [7, 11) is 0. The third-order valence-corrected chi connectivity index (χ3v) is 2.89. The van der Waals surface area contributed by atoms with Crippen LogP contribution in [-0.2, 0) is 9.53 Å². The van der Waals surface area contributed by atoms with E-state index < -0.39 is 12.1 Å². The zero-order chi connectivity index (χ0) is 14.4. The van der Waals surface area contributed by atoms with Crippen molar-refractivity contribution < 1.29 is 19.4 Å². The Hall–Kier alpha value is -2.07. The van der Waals surface area contributed by atoms with Crippen molar-refractivity contribution in [1.29, 1.82) is 0 Å². The summed E-state index contributed by atoms with van der Waals surface area (Å²) in [5, 5.41) is 11.8. The van der Waals surface area contributed by atoms with Crippen LogP contribution in [0.4, 0.5) is 0 Å². The Morgan fingerprint density at radius 3 is 2.75 bits per heavy atom. The molecule has 0 aliphatic heterocycles. The lowest BCUT2D eigenvalue weighted by Crippen LogP contribution is -2.22. The Balaban J connectivity index is 1.97. The molecule has 20 heavy (non-hydrogen) atoms. The summed E-state index contributed by atoms with van der Waals surface area (Å²) in [5.41, 5.74) is 0. The fraction of sp³-hybridized carbons (Fsp3) is 0.312. The number of hydrogen-bond acceptors (Lipinski definition) is 4. The largest absolute Gasteiger partial charge is 0.490 e. The van der Waals surface area contributed by atoms with E-state index in [1.165, 1.54) is 0 Å². The first-order chi connectivity index (χ1) is 9.70. The minimum absolute atomic E-state index is 0.0569. The molecule has 1 atom stereocenters. The maximum absolute atomic E-state index is 11.2. The van der Waals surface area contributed by atoms with Gasteiger partial charge in [0.2, 0.25) is 0 Å². The quantitative estimate of drug-likeness (QED) is 0.822. The predicted molar refractivity (Wildman–Crippen MR) is 76.7 cm³/mol. The van der Waals surface area contributed by atoms with Crippen molar-refractivity contribution in [1.82, 2.24) is 0 Å². The Morgan fingerprint density at radius 2 is 1.95 bits per heavy atom. The van der Waals surface area contributed by atoms with Gasteiger partial charge in [-0.25, -0.2) is 0 Å². The van der Waals surface area contributed by atoms with E-state index in [9.17, 15) is 9.90 Å². The van der Waals surface area contributed by atoms with Crippen LogP contribution in [-0.4, -0.2) is 30.4 Å². The highest BCUT2D eigenvalue weighted by molar-refractivity contribution is 5.88. The van der Waals surface area contributed by atoms with Crippen LogP contribution in [0.5, 0.6) is 5.75 Å². The Bertz CT molecular complexity index is 574. The maximum Gasteiger partial charge on any atom is 0.308 e. The average molecular weight is 274 g/mol. The van der Waals surface area contributed by atoms with Crippen molar-refractivity contribution in [2.24, 2.45) is 0 Å². The fourth-order valence-corrected chi connectivity index (χ4v) is 1.98. The summed E-state index contributed by atoms with van der Waals surface area (Å²) in [6.07, 6.45) is -0.925. The minimum Gasteiger partial charge on any atom is -0.490 e. The molecule has 0 radical (unpaired) electrons. The first kappa shape index (κ1) is 14.3. The monoisotopic (exact) mass is 274 g/mol. The van der Waals surface area contributed by atoms with E-state index in [1.807, 2.05) is 42.5 Å². The molecule has 4 nitrogen and oxygen atoms in total. The summed E-state index contributed by atoms with van der Waals surface area (Å²) in [6.45, 7) is 2.11. The summed E-state index contributed by atoms with van der Waals surface area (Å²) in [5.74, 6) is 0.285. The van der Waals surface area contributed by atoms with Gasteiger partial charge in [0.15, 0.2) is 0 Å². The van der Waals surface area contributed by atoms with Gasteiger partial charge < -0.3 is 14.6 Å². The lowest BCUT2D eigenvalue weighted by atomic mass is 10.1. The van der Waals surface area contributed by atoms with Gasteiger partial charge in [-0.05, 0) is 18.4 Å². The van der Waals surface area contributed by atoms with Crippen LogP contribution in [0.2, 0.25) is 0 Å². The highest BCUT2D eigenvalue weighted by Gasteiger charge is 2.13. The number of ether oxygens (including phenoxy) is 2.